The maximum absolute atomic E-state index is 12.6. The van der Waals surface area contributed by atoms with Crippen LogP contribution in [0, 0.1) is 11.3 Å². The van der Waals surface area contributed by atoms with Crippen LogP contribution >= 0.6 is 0 Å². The number of hydrogen-bond donors (Lipinski definition) is 1. The minimum absolute atomic E-state index is 0.233. The lowest BCUT2D eigenvalue weighted by Crippen LogP contribution is -2.47. The van der Waals surface area contributed by atoms with Crippen LogP contribution in [0.4, 0.5) is 5.82 Å². The summed E-state index contributed by atoms with van der Waals surface area (Å²) in [5, 5.41) is 11.6. The topological polar surface area (TPSA) is 89.3 Å². The molecule has 1 aliphatic heterocycles. The summed E-state index contributed by atoms with van der Waals surface area (Å²) >= 11 is 0. The Kier molecular flexibility index (Phi) is 6.33. The molecule has 1 saturated heterocycles. The van der Waals surface area contributed by atoms with E-state index in [2.05, 4.69) is 21.3 Å². The number of nitrogens with one attached hydrogen (secondary N) is 1. The molecule has 0 bridgehead atoms. The van der Waals surface area contributed by atoms with E-state index in [1.54, 1.807) is 12.1 Å². The summed E-state index contributed by atoms with van der Waals surface area (Å²) in [6, 6.07) is 5.39. The van der Waals surface area contributed by atoms with E-state index in [1.165, 1.54) is 10.5 Å². The van der Waals surface area contributed by atoms with Crippen LogP contribution < -0.4 is 5.32 Å². The van der Waals surface area contributed by atoms with Crippen LogP contribution in [-0.4, -0.2) is 62.4 Å². The van der Waals surface area contributed by atoms with Crippen molar-refractivity contribution >= 4 is 15.8 Å². The van der Waals surface area contributed by atoms with E-state index in [-0.39, 0.29) is 4.90 Å². The lowest BCUT2D eigenvalue weighted by atomic mass is 10.2. The van der Waals surface area contributed by atoms with E-state index in [1.807, 2.05) is 7.05 Å². The minimum Gasteiger partial charge on any atom is -0.370 e. The molecule has 0 saturated carbocycles. The van der Waals surface area contributed by atoms with Crippen molar-refractivity contribution in [1.82, 2.24) is 14.2 Å². The molecule has 1 N–H and O–H groups in total. The third kappa shape index (κ3) is 4.89. The minimum atomic E-state index is -3.45. The summed E-state index contributed by atoms with van der Waals surface area (Å²) in [7, 11) is -1.47. The maximum Gasteiger partial charge on any atom is 0.244 e. The summed E-state index contributed by atoms with van der Waals surface area (Å²) in [6.07, 6.45) is 3.69. The summed E-state index contributed by atoms with van der Waals surface area (Å²) in [4.78, 5) is 6.53. The van der Waals surface area contributed by atoms with Gasteiger partial charge in [0, 0.05) is 45.3 Å². The third-order valence-electron chi connectivity index (χ3n) is 3.86. The molecular formula is C15H23N5O2S. The van der Waals surface area contributed by atoms with E-state index >= 15 is 0 Å². The lowest BCUT2D eigenvalue weighted by molar-refractivity contribution is 0.222. The molecule has 0 unspecified atom stereocenters. The zero-order chi connectivity index (χ0) is 16.7. The van der Waals surface area contributed by atoms with Crippen LogP contribution in [0.1, 0.15) is 19.3 Å². The zero-order valence-electron chi connectivity index (χ0n) is 13.4. The Morgan fingerprint density at radius 1 is 1.26 bits per heavy atom. The van der Waals surface area contributed by atoms with Crippen molar-refractivity contribution in [3.8, 4) is 6.07 Å². The van der Waals surface area contributed by atoms with Crippen LogP contribution in [0.2, 0.25) is 0 Å². The van der Waals surface area contributed by atoms with Gasteiger partial charge < -0.3 is 10.2 Å². The number of unbranched alkanes of at least 4 members (excludes halogenated alkanes) is 2. The normalized spacial score (nSPS) is 16.9. The molecule has 2 heterocycles. The van der Waals surface area contributed by atoms with Gasteiger partial charge in [0.2, 0.25) is 10.0 Å². The summed E-state index contributed by atoms with van der Waals surface area (Å²) in [6.45, 7) is 3.23. The van der Waals surface area contributed by atoms with E-state index in [4.69, 9.17) is 5.26 Å². The number of pyridine rings is 1. The van der Waals surface area contributed by atoms with Crippen LogP contribution in [0.25, 0.3) is 0 Å². The molecule has 0 aliphatic carbocycles. The van der Waals surface area contributed by atoms with Gasteiger partial charge in [-0.05, 0) is 32.0 Å². The second-order valence-electron chi connectivity index (χ2n) is 5.63. The molecular weight excluding hydrogens is 314 g/mol. The van der Waals surface area contributed by atoms with Gasteiger partial charge >= 0.3 is 0 Å². The van der Waals surface area contributed by atoms with Gasteiger partial charge in [-0.2, -0.15) is 9.57 Å². The molecule has 1 aliphatic rings. The third-order valence-corrected chi connectivity index (χ3v) is 5.74. The van der Waals surface area contributed by atoms with Crippen molar-refractivity contribution in [1.29, 1.82) is 5.26 Å². The molecule has 0 spiro atoms. The molecule has 8 heteroatoms. The van der Waals surface area contributed by atoms with Crippen LogP contribution in [0.5, 0.6) is 0 Å². The first-order valence-electron chi connectivity index (χ1n) is 7.79. The van der Waals surface area contributed by atoms with Crippen molar-refractivity contribution in [2.45, 2.75) is 24.2 Å². The molecule has 0 aromatic carbocycles. The van der Waals surface area contributed by atoms with Crippen molar-refractivity contribution in [3.05, 3.63) is 18.3 Å². The van der Waals surface area contributed by atoms with Crippen molar-refractivity contribution in [2.75, 3.05) is 45.1 Å². The molecule has 0 amide bonds. The number of aromatic nitrogens is 1. The standard InChI is InChI=1S/C15H23N5O2S/c1-19-9-11-20(12-10-19)23(21,22)14-5-6-15(18-13-14)17-8-4-2-3-7-16/h5-6,13H,2-4,8-12H2,1H3,(H,17,18). The Morgan fingerprint density at radius 2 is 2.00 bits per heavy atom. The molecule has 0 radical (unpaired) electrons. The number of likely N-dealkylation sites (N-methyl/N-ethyl adjacent to an activating group) is 1. The average Bonchev–Trinajstić information content (AvgIpc) is 2.55. The van der Waals surface area contributed by atoms with Crippen LogP contribution in [-0.2, 0) is 10.0 Å². The van der Waals surface area contributed by atoms with Crippen LogP contribution in [0.3, 0.4) is 0 Å². The zero-order valence-corrected chi connectivity index (χ0v) is 14.2. The van der Waals surface area contributed by atoms with Crippen molar-refractivity contribution in [3.63, 3.8) is 0 Å². The summed E-state index contributed by atoms with van der Waals surface area (Å²) in [5.41, 5.74) is 0. The average molecular weight is 337 g/mol. The van der Waals surface area contributed by atoms with Crippen LogP contribution in [0.15, 0.2) is 23.2 Å². The van der Waals surface area contributed by atoms with Gasteiger partial charge in [-0.1, -0.05) is 0 Å². The Bertz CT molecular complexity index is 631. The number of sulfonamides is 1. The number of nitrogens with zero attached hydrogens (tertiary/aromatic N) is 4. The van der Waals surface area contributed by atoms with Gasteiger partial charge in [-0.15, -0.1) is 0 Å². The van der Waals surface area contributed by atoms with E-state index < -0.39 is 10.0 Å². The van der Waals surface area contributed by atoms with E-state index in [9.17, 15) is 8.42 Å². The summed E-state index contributed by atoms with van der Waals surface area (Å²) < 4.78 is 26.6. The highest BCUT2D eigenvalue weighted by atomic mass is 32.2. The fraction of sp³-hybridized carbons (Fsp3) is 0.600. The van der Waals surface area contributed by atoms with E-state index in [0.717, 1.165) is 32.5 Å². The molecule has 2 rings (SSSR count). The molecule has 23 heavy (non-hydrogen) atoms. The van der Waals surface area contributed by atoms with Gasteiger partial charge in [-0.25, -0.2) is 13.4 Å². The number of nitriles is 1. The first-order valence-corrected chi connectivity index (χ1v) is 9.23. The molecule has 0 atom stereocenters. The first-order chi connectivity index (χ1) is 11.0. The molecule has 7 nitrogen and oxygen atoms in total. The second kappa shape index (κ2) is 8.24. The number of piperazine rings is 1. The Morgan fingerprint density at radius 3 is 2.61 bits per heavy atom. The fourth-order valence-corrected chi connectivity index (χ4v) is 3.73. The summed E-state index contributed by atoms with van der Waals surface area (Å²) in [5.74, 6) is 0.652. The first kappa shape index (κ1) is 17.7. The molecule has 126 valence electrons. The highest BCUT2D eigenvalue weighted by Crippen LogP contribution is 2.17. The number of hydrogen-bond acceptors (Lipinski definition) is 6. The maximum atomic E-state index is 12.6. The Balaban J connectivity index is 1.92. The monoisotopic (exact) mass is 337 g/mol. The Labute approximate surface area is 138 Å². The van der Waals surface area contributed by atoms with Gasteiger partial charge in [-0.3, -0.25) is 0 Å². The highest BCUT2D eigenvalue weighted by Gasteiger charge is 2.27. The second-order valence-corrected chi connectivity index (χ2v) is 7.57. The fourth-order valence-electron chi connectivity index (χ4n) is 2.36. The van der Waals surface area contributed by atoms with Gasteiger partial charge in [0.25, 0.3) is 0 Å². The molecule has 1 aromatic rings. The van der Waals surface area contributed by atoms with Gasteiger partial charge in [0.15, 0.2) is 0 Å². The van der Waals surface area contributed by atoms with E-state index in [0.29, 0.717) is 25.3 Å². The molecule has 1 aromatic heterocycles. The lowest BCUT2D eigenvalue weighted by Gasteiger charge is -2.31. The number of rotatable bonds is 7. The predicted octanol–water partition coefficient (Wildman–Crippen LogP) is 1.12. The smallest absolute Gasteiger partial charge is 0.244 e. The van der Waals surface area contributed by atoms with Gasteiger partial charge in [0.05, 0.1) is 6.07 Å². The highest BCUT2D eigenvalue weighted by molar-refractivity contribution is 7.89. The van der Waals surface area contributed by atoms with Crippen molar-refractivity contribution < 1.29 is 8.42 Å². The van der Waals surface area contributed by atoms with Crippen molar-refractivity contribution in [2.24, 2.45) is 0 Å². The Hall–Kier alpha value is -1.69. The SMILES string of the molecule is CN1CCN(S(=O)(=O)c2ccc(NCCCCC#N)nc2)CC1. The number of anilines is 1. The largest absolute Gasteiger partial charge is 0.370 e. The quantitative estimate of drug-likeness (QED) is 0.750. The predicted molar refractivity (Wildman–Crippen MR) is 88.4 cm³/mol. The van der Waals surface area contributed by atoms with Gasteiger partial charge in [0.1, 0.15) is 10.7 Å². The molecule has 1 fully saturated rings.